The number of esters is 2. The van der Waals surface area contributed by atoms with Crippen molar-refractivity contribution < 1.29 is 53.0 Å². The van der Waals surface area contributed by atoms with E-state index < -0.39 is 58.4 Å². The van der Waals surface area contributed by atoms with Gasteiger partial charge in [-0.2, -0.15) is 0 Å². The minimum atomic E-state index is -1.65. The summed E-state index contributed by atoms with van der Waals surface area (Å²) in [6.07, 6.45) is 0.676. The van der Waals surface area contributed by atoms with E-state index in [9.17, 15) is 19.8 Å². The number of carbonyl (C=O) groups is 3. The van der Waals surface area contributed by atoms with Gasteiger partial charge in [0.1, 0.15) is 24.1 Å². The molecule has 8 aliphatic rings. The van der Waals surface area contributed by atoms with E-state index in [1.807, 2.05) is 32.0 Å². The molecule has 3 aromatic carbocycles. The number of thioether (sulfide) groups is 1. The van der Waals surface area contributed by atoms with Gasteiger partial charge in [-0.05, 0) is 69.1 Å². The van der Waals surface area contributed by atoms with Gasteiger partial charge < -0.3 is 43.6 Å². The Morgan fingerprint density at radius 3 is 2.54 bits per heavy atom. The highest BCUT2D eigenvalue weighted by molar-refractivity contribution is 7.99. The first-order valence-corrected chi connectivity index (χ1v) is 20.8. The second-order valence-corrected chi connectivity index (χ2v) is 18.0. The number of fused-ring (bicyclic) bond motifs is 8. The summed E-state index contributed by atoms with van der Waals surface area (Å²) in [6, 6.07) is 5.00. The van der Waals surface area contributed by atoms with Crippen molar-refractivity contribution in [1.29, 1.82) is 0 Å². The van der Waals surface area contributed by atoms with Gasteiger partial charge in [-0.15, -0.1) is 11.8 Å². The number of aliphatic carboxylic acids is 1. The quantitative estimate of drug-likeness (QED) is 0.164. The summed E-state index contributed by atoms with van der Waals surface area (Å²) < 4.78 is 36.5. The lowest BCUT2D eigenvalue weighted by Gasteiger charge is -2.61. The molecule has 15 nitrogen and oxygen atoms in total. The molecule has 1 spiro atoms. The molecule has 0 aliphatic carbocycles. The number of hydrogen-bond donors (Lipinski definition) is 4. The van der Waals surface area contributed by atoms with Gasteiger partial charge in [0.25, 0.3) is 0 Å². The molecule has 8 atom stereocenters. The standard InChI is InChI=1S/C43H46N4O11S/c1-18-10-21-13-42(4)15-46(5)31(28(21)33(49)34(18)54-7)32-38-30-29(37-36(56-17-57-37)19(2)35(30)58-20(3)48)27(47(32)42)14-55-41(52)43(16-59-38)39-24(12-26(45-43)40(50)51)23-11-22(53-6)8-9-25(23)44-39/h8-11,26-27,31-32,38,44-45,49H,12-17H2,1-7H3,(H,50,51)/t26-,27-,31-,32+,38+,42?,43+/m0/s1. The third-order valence-electron chi connectivity index (χ3n) is 13.4. The van der Waals surface area contributed by atoms with Crippen molar-refractivity contribution in [2.45, 2.75) is 81.0 Å². The summed E-state index contributed by atoms with van der Waals surface area (Å²) in [6.45, 7) is 7.75. The number of rotatable bonds is 4. The molecule has 0 saturated carbocycles. The Labute approximate surface area is 344 Å². The summed E-state index contributed by atoms with van der Waals surface area (Å²) in [5.74, 6) is 0.170. The van der Waals surface area contributed by atoms with Crippen LogP contribution in [-0.4, -0.2) is 107 Å². The average molecular weight is 827 g/mol. The van der Waals surface area contributed by atoms with Gasteiger partial charge in [-0.3, -0.25) is 24.7 Å². The SMILES string of the molecule is COc1ccc2[nH]c3c(c2c1)C[C@@H](C(=O)O)N[C@]31CS[C@@H]2c3c(OC(C)=O)c(C)c4c(c3[C@H](COC1=O)N1[C@@H]2[C@@H]2c3c(cc(C)c(OC)c3O)CC1(C)CN2C)OCO4. The van der Waals surface area contributed by atoms with Crippen LogP contribution in [0.25, 0.3) is 10.9 Å². The van der Waals surface area contributed by atoms with Crippen LogP contribution in [-0.2, 0) is 37.5 Å². The molecule has 2 unspecified atom stereocenters. The second kappa shape index (κ2) is 13.2. The Kier molecular flexibility index (Phi) is 8.50. The molecule has 8 aliphatic heterocycles. The Bertz CT molecular complexity index is 2520. The lowest BCUT2D eigenvalue weighted by molar-refractivity contribution is -0.161. The van der Waals surface area contributed by atoms with E-state index in [4.69, 9.17) is 28.4 Å². The molecule has 59 heavy (non-hydrogen) atoms. The molecule has 310 valence electrons. The van der Waals surface area contributed by atoms with E-state index in [0.29, 0.717) is 69.7 Å². The maximum absolute atomic E-state index is 15.1. The number of nitrogens with zero attached hydrogens (tertiary/aromatic N) is 2. The van der Waals surface area contributed by atoms with Gasteiger partial charge in [0.2, 0.25) is 6.79 Å². The van der Waals surface area contributed by atoms with Gasteiger partial charge in [-0.25, -0.2) is 4.79 Å². The topological polar surface area (TPSA) is 181 Å². The van der Waals surface area contributed by atoms with Crippen molar-refractivity contribution >= 4 is 40.6 Å². The van der Waals surface area contributed by atoms with Gasteiger partial charge >= 0.3 is 17.9 Å². The van der Waals surface area contributed by atoms with Crippen molar-refractivity contribution in [3.63, 3.8) is 0 Å². The van der Waals surface area contributed by atoms with Crippen LogP contribution in [0.15, 0.2) is 24.3 Å². The number of ether oxygens (including phenoxy) is 6. The molecular weight excluding hydrogens is 781 g/mol. The van der Waals surface area contributed by atoms with E-state index in [-0.39, 0.29) is 31.3 Å². The summed E-state index contributed by atoms with van der Waals surface area (Å²) >= 11 is 1.46. The summed E-state index contributed by atoms with van der Waals surface area (Å²) in [4.78, 5) is 49.4. The van der Waals surface area contributed by atoms with Crippen LogP contribution in [0, 0.1) is 13.8 Å². The number of carboxylic acid groups (broad SMARTS) is 1. The molecule has 4 aromatic rings. The van der Waals surface area contributed by atoms with Crippen LogP contribution in [0.4, 0.5) is 0 Å². The summed E-state index contributed by atoms with van der Waals surface area (Å²) in [5.41, 5.74) is 4.29. The number of methoxy groups -OCH3 is 2. The van der Waals surface area contributed by atoms with E-state index >= 15 is 4.79 Å². The second-order valence-electron chi connectivity index (χ2n) is 16.9. The maximum Gasteiger partial charge on any atom is 0.333 e. The number of aromatic hydroxyl groups is 1. The number of aromatic nitrogens is 1. The van der Waals surface area contributed by atoms with Crippen molar-refractivity contribution in [3.05, 3.63) is 68.9 Å². The summed E-state index contributed by atoms with van der Waals surface area (Å²) in [5, 5.41) is 26.3. The highest BCUT2D eigenvalue weighted by Crippen LogP contribution is 2.65. The Balaban J connectivity index is 1.25. The summed E-state index contributed by atoms with van der Waals surface area (Å²) in [7, 11) is 5.18. The molecule has 9 heterocycles. The highest BCUT2D eigenvalue weighted by Gasteiger charge is 2.63. The number of carbonyl (C=O) groups excluding carboxylic acids is 2. The smallest absolute Gasteiger partial charge is 0.333 e. The van der Waals surface area contributed by atoms with Crippen molar-refractivity contribution in [3.8, 4) is 34.5 Å². The van der Waals surface area contributed by atoms with Gasteiger partial charge in [0, 0.05) is 70.4 Å². The Hall–Kier alpha value is -5.16. The van der Waals surface area contributed by atoms with Crippen molar-refractivity contribution in [2.75, 3.05) is 47.0 Å². The van der Waals surface area contributed by atoms with Crippen LogP contribution >= 0.6 is 11.8 Å². The predicted octanol–water partition coefficient (Wildman–Crippen LogP) is 4.71. The number of aromatic amines is 1. The highest BCUT2D eigenvalue weighted by atomic mass is 32.2. The van der Waals surface area contributed by atoms with Gasteiger partial charge in [0.15, 0.2) is 28.5 Å². The maximum atomic E-state index is 15.1. The van der Waals surface area contributed by atoms with Crippen LogP contribution in [0.1, 0.15) is 75.8 Å². The monoisotopic (exact) mass is 826 g/mol. The van der Waals surface area contributed by atoms with E-state index in [1.54, 1.807) is 14.2 Å². The van der Waals surface area contributed by atoms with Gasteiger partial charge in [0.05, 0.1) is 37.2 Å². The molecule has 16 heteroatoms. The van der Waals surface area contributed by atoms with Crippen molar-refractivity contribution in [1.82, 2.24) is 20.1 Å². The fourth-order valence-corrected chi connectivity index (χ4v) is 13.0. The number of carboxylic acids is 1. The molecule has 2 saturated heterocycles. The van der Waals surface area contributed by atoms with Crippen LogP contribution in [0.5, 0.6) is 34.5 Å². The van der Waals surface area contributed by atoms with Crippen LogP contribution < -0.4 is 29.0 Å². The molecule has 2 fully saturated rings. The Morgan fingerprint density at radius 1 is 1.03 bits per heavy atom. The third kappa shape index (κ3) is 5.21. The molecule has 1 aromatic heterocycles. The van der Waals surface area contributed by atoms with Crippen molar-refractivity contribution in [2.24, 2.45) is 0 Å². The number of likely N-dealkylation sites (N-methyl/N-ethyl adjacent to an activating group) is 1. The molecule has 0 amide bonds. The molecule has 4 bridgehead atoms. The number of aryl methyl sites for hydroxylation is 1. The minimum Gasteiger partial charge on any atom is -0.504 e. The number of hydrogen-bond acceptors (Lipinski definition) is 14. The first kappa shape index (κ1) is 38.1. The first-order valence-electron chi connectivity index (χ1n) is 19.7. The normalized spacial score (nSPS) is 30.2. The zero-order valence-corrected chi connectivity index (χ0v) is 34.6. The fraction of sp³-hybridized carbons (Fsp3) is 0.465. The largest absolute Gasteiger partial charge is 0.504 e. The van der Waals surface area contributed by atoms with Crippen LogP contribution in [0.2, 0.25) is 0 Å². The minimum absolute atomic E-state index is 0.0158. The van der Waals surface area contributed by atoms with E-state index in [1.165, 1.54) is 18.7 Å². The number of H-pyrrole nitrogens is 1. The number of nitrogens with one attached hydrogen (secondary N) is 2. The number of benzene rings is 3. The van der Waals surface area contributed by atoms with E-state index in [2.05, 4.69) is 40.1 Å². The predicted molar refractivity (Wildman–Crippen MR) is 215 cm³/mol. The molecular formula is C43H46N4O11S. The number of piperazine rings is 1. The zero-order valence-electron chi connectivity index (χ0n) is 33.8. The zero-order chi connectivity index (χ0) is 41.4. The number of phenols is 1. The lowest BCUT2D eigenvalue weighted by Crippen LogP contribution is -2.69. The Morgan fingerprint density at radius 2 is 1.81 bits per heavy atom. The molecule has 4 N–H and O–H groups in total. The van der Waals surface area contributed by atoms with Gasteiger partial charge in [-0.1, -0.05) is 6.07 Å². The molecule has 0 radical (unpaired) electrons. The van der Waals surface area contributed by atoms with Crippen LogP contribution in [0.3, 0.4) is 0 Å². The third-order valence-corrected chi connectivity index (χ3v) is 14.9. The lowest BCUT2D eigenvalue weighted by atomic mass is 9.76. The first-order chi connectivity index (χ1) is 28.2. The van der Waals surface area contributed by atoms with E-state index in [0.717, 1.165) is 27.6 Å². The average Bonchev–Trinajstić information content (AvgIpc) is 3.78. The molecule has 12 rings (SSSR count). The fourth-order valence-electron chi connectivity index (χ4n) is 11.3. The number of phenolic OH excluding ortho intramolecular Hbond substituents is 1.